The predicted octanol–water partition coefficient (Wildman–Crippen LogP) is 3.98. The van der Waals surface area contributed by atoms with E-state index in [9.17, 15) is 9.59 Å². The number of pyridine rings is 1. The van der Waals surface area contributed by atoms with Crippen LogP contribution in [0, 0.1) is 0 Å². The van der Waals surface area contributed by atoms with Crippen LogP contribution in [-0.4, -0.2) is 38.1 Å². The lowest BCUT2D eigenvalue weighted by Crippen LogP contribution is -2.30. The molecule has 3 heterocycles. The fraction of sp³-hybridized carbons (Fsp3) is 0.222. The molecule has 0 bridgehead atoms. The van der Waals surface area contributed by atoms with Gasteiger partial charge < -0.3 is 10.2 Å². The molecule has 2 aromatic heterocycles. The monoisotopic (exact) mass is 466 g/mol. The van der Waals surface area contributed by atoms with E-state index in [-0.39, 0.29) is 23.8 Å². The highest BCUT2D eigenvalue weighted by Gasteiger charge is 2.36. The van der Waals surface area contributed by atoms with Crippen LogP contribution < -0.4 is 10.2 Å². The zero-order valence-electron chi connectivity index (χ0n) is 19.6. The number of aromatic nitrogens is 4. The molecule has 35 heavy (non-hydrogen) atoms. The van der Waals surface area contributed by atoms with E-state index in [0.717, 1.165) is 16.8 Å². The number of rotatable bonds is 6. The van der Waals surface area contributed by atoms with Crippen molar-refractivity contribution in [2.45, 2.75) is 32.4 Å². The zero-order valence-corrected chi connectivity index (χ0v) is 19.6. The molecule has 1 atom stereocenters. The molecule has 5 rings (SSSR count). The van der Waals surface area contributed by atoms with Crippen LogP contribution in [0.25, 0.3) is 0 Å². The quantitative estimate of drug-likeness (QED) is 0.464. The van der Waals surface area contributed by atoms with E-state index in [2.05, 4.69) is 20.4 Å². The number of anilines is 1. The average molecular weight is 467 g/mol. The maximum absolute atomic E-state index is 13.4. The largest absolute Gasteiger partial charge is 0.348 e. The smallest absolute Gasteiger partial charge is 0.258 e. The summed E-state index contributed by atoms with van der Waals surface area (Å²) in [7, 11) is 0. The molecule has 2 amide bonds. The molecule has 0 saturated carbocycles. The van der Waals surface area contributed by atoms with E-state index in [0.29, 0.717) is 30.0 Å². The third-order valence-electron chi connectivity index (χ3n) is 6.13. The highest BCUT2D eigenvalue weighted by atomic mass is 16.2. The summed E-state index contributed by atoms with van der Waals surface area (Å²) in [6.07, 6.45) is 5.14. The lowest BCUT2D eigenvalue weighted by Gasteiger charge is -2.18. The van der Waals surface area contributed by atoms with E-state index < -0.39 is 0 Å². The van der Waals surface area contributed by atoms with Gasteiger partial charge in [0.25, 0.3) is 11.8 Å². The first-order valence-electron chi connectivity index (χ1n) is 11.6. The normalized spacial score (nSPS) is 14.7. The summed E-state index contributed by atoms with van der Waals surface area (Å²) in [6.45, 7) is 4.87. The van der Waals surface area contributed by atoms with Gasteiger partial charge >= 0.3 is 0 Å². The minimum atomic E-state index is -0.233. The van der Waals surface area contributed by atoms with Crippen molar-refractivity contribution >= 4 is 17.5 Å². The van der Waals surface area contributed by atoms with E-state index in [1.165, 1.54) is 0 Å². The van der Waals surface area contributed by atoms with Crippen LogP contribution in [0.4, 0.5) is 5.69 Å². The second kappa shape index (κ2) is 9.50. The van der Waals surface area contributed by atoms with Gasteiger partial charge in [0.1, 0.15) is 6.33 Å². The molecule has 0 fully saturated rings. The maximum Gasteiger partial charge on any atom is 0.258 e. The van der Waals surface area contributed by atoms with Crippen molar-refractivity contribution in [2.24, 2.45) is 0 Å². The van der Waals surface area contributed by atoms with Crippen molar-refractivity contribution in [3.05, 3.63) is 107 Å². The van der Waals surface area contributed by atoms with Crippen LogP contribution in [0.3, 0.4) is 0 Å². The summed E-state index contributed by atoms with van der Waals surface area (Å²) in [4.78, 5) is 36.7. The number of hydrogen-bond donors (Lipinski definition) is 1. The summed E-state index contributed by atoms with van der Waals surface area (Å²) in [5.74, 6) is 0.121. The van der Waals surface area contributed by atoms with Crippen LogP contribution in [0.2, 0.25) is 0 Å². The maximum atomic E-state index is 13.4. The van der Waals surface area contributed by atoms with E-state index >= 15 is 0 Å². The lowest BCUT2D eigenvalue weighted by atomic mass is 9.98. The third kappa shape index (κ3) is 4.55. The Labute approximate surface area is 203 Å². The number of nitrogens with one attached hydrogen (secondary N) is 1. The molecule has 1 aliphatic heterocycles. The number of hydrogen-bond acceptors (Lipinski definition) is 5. The zero-order chi connectivity index (χ0) is 24.4. The molecule has 0 saturated heterocycles. The van der Waals surface area contributed by atoms with Gasteiger partial charge in [0.2, 0.25) is 0 Å². The van der Waals surface area contributed by atoms with Crippen molar-refractivity contribution < 1.29 is 9.59 Å². The Balaban J connectivity index is 1.47. The molecule has 8 heteroatoms. The van der Waals surface area contributed by atoms with Gasteiger partial charge in [0.05, 0.1) is 5.92 Å². The van der Waals surface area contributed by atoms with E-state index in [1.54, 1.807) is 46.5 Å². The molecule has 0 unspecified atom stereocenters. The Hall–Kier alpha value is -4.33. The average Bonchev–Trinajstić information content (AvgIpc) is 3.53. The number of fused-ring (bicyclic) bond motifs is 1. The molecule has 1 aliphatic rings. The van der Waals surface area contributed by atoms with Crippen LogP contribution in [0.5, 0.6) is 0 Å². The highest BCUT2D eigenvalue weighted by Crippen LogP contribution is 2.40. The molecule has 8 nitrogen and oxygen atoms in total. The summed E-state index contributed by atoms with van der Waals surface area (Å²) in [6, 6.07) is 18.6. The SMILES string of the molecule is CC(C)n1cnc([C@H]2CN(C(=O)c3ccccc3)c3ccc(C(=O)NCc4cccnc4)cc32)n1. The van der Waals surface area contributed by atoms with Crippen LogP contribution in [0.15, 0.2) is 79.4 Å². The highest BCUT2D eigenvalue weighted by molar-refractivity contribution is 6.08. The lowest BCUT2D eigenvalue weighted by molar-refractivity contribution is 0.0949. The summed E-state index contributed by atoms with van der Waals surface area (Å²) >= 11 is 0. The van der Waals surface area contributed by atoms with Crippen LogP contribution in [-0.2, 0) is 6.54 Å². The third-order valence-corrected chi connectivity index (χ3v) is 6.13. The minimum Gasteiger partial charge on any atom is -0.348 e. The van der Waals surface area contributed by atoms with Crippen molar-refractivity contribution in [1.82, 2.24) is 25.1 Å². The first-order chi connectivity index (χ1) is 17.0. The Kier molecular flexibility index (Phi) is 6.10. The van der Waals surface area contributed by atoms with Gasteiger partial charge in [0, 0.05) is 48.3 Å². The van der Waals surface area contributed by atoms with Crippen LogP contribution in [0.1, 0.15) is 63.5 Å². The summed E-state index contributed by atoms with van der Waals surface area (Å²) in [5, 5.41) is 7.61. The number of benzene rings is 2. The minimum absolute atomic E-state index is 0.0913. The fourth-order valence-corrected chi connectivity index (χ4v) is 4.23. The number of carbonyl (C=O) groups excluding carboxylic acids is 2. The molecule has 0 spiro atoms. The van der Waals surface area contributed by atoms with Gasteiger partial charge in [-0.3, -0.25) is 19.3 Å². The van der Waals surface area contributed by atoms with Crippen LogP contribution >= 0.6 is 0 Å². The molecule has 2 aromatic carbocycles. The number of carbonyl (C=O) groups is 2. The molecule has 0 radical (unpaired) electrons. The second-order valence-electron chi connectivity index (χ2n) is 8.83. The van der Waals surface area contributed by atoms with Gasteiger partial charge in [-0.2, -0.15) is 5.10 Å². The van der Waals surface area contributed by atoms with E-state index in [4.69, 9.17) is 0 Å². The van der Waals surface area contributed by atoms with Gasteiger partial charge in [-0.15, -0.1) is 0 Å². The van der Waals surface area contributed by atoms with Gasteiger partial charge in [-0.25, -0.2) is 4.98 Å². The molecule has 1 N–H and O–H groups in total. The van der Waals surface area contributed by atoms with Gasteiger partial charge in [-0.05, 0) is 61.4 Å². The van der Waals surface area contributed by atoms with Crippen molar-refractivity contribution in [3.8, 4) is 0 Å². The van der Waals surface area contributed by atoms with E-state index in [1.807, 2.05) is 56.3 Å². The molecular formula is C27H26N6O2. The van der Waals surface area contributed by atoms with Crippen molar-refractivity contribution in [2.75, 3.05) is 11.4 Å². The Morgan fingerprint density at radius 3 is 2.60 bits per heavy atom. The Bertz CT molecular complexity index is 1350. The van der Waals surface area contributed by atoms with Gasteiger partial charge in [0.15, 0.2) is 5.82 Å². The molecular weight excluding hydrogens is 440 g/mol. The summed E-state index contributed by atoms with van der Waals surface area (Å²) < 4.78 is 1.81. The standard InChI is InChI=1S/C27H26N6O2/c1-18(2)33-17-30-25(31-33)23-16-32(27(35)20-8-4-3-5-9-20)24-11-10-21(13-22(23)24)26(34)29-15-19-7-6-12-28-14-19/h3-14,17-18,23H,15-16H2,1-2H3,(H,29,34)/t23-/m0/s1. The Morgan fingerprint density at radius 1 is 1.06 bits per heavy atom. The topological polar surface area (TPSA) is 93.0 Å². The molecule has 0 aliphatic carbocycles. The van der Waals surface area contributed by atoms with Crippen molar-refractivity contribution in [1.29, 1.82) is 0 Å². The number of amides is 2. The Morgan fingerprint density at radius 2 is 1.89 bits per heavy atom. The van der Waals surface area contributed by atoms with Crippen molar-refractivity contribution in [3.63, 3.8) is 0 Å². The first kappa shape index (κ1) is 22.5. The second-order valence-corrected chi connectivity index (χ2v) is 8.83. The number of nitrogens with zero attached hydrogens (tertiary/aromatic N) is 5. The fourth-order valence-electron chi connectivity index (χ4n) is 4.23. The summed E-state index contributed by atoms with van der Waals surface area (Å²) in [5.41, 5.74) is 3.69. The molecule has 176 valence electrons. The molecule has 4 aromatic rings. The van der Waals surface area contributed by atoms with Gasteiger partial charge in [-0.1, -0.05) is 24.3 Å². The first-order valence-corrected chi connectivity index (χ1v) is 11.6. The predicted molar refractivity (Wildman–Crippen MR) is 132 cm³/mol.